The van der Waals surface area contributed by atoms with E-state index in [0.717, 1.165) is 11.0 Å². The molecular weight excluding hydrogens is 92.0 g/mol. The molecule has 1 N–H and O–H groups in total. The van der Waals surface area contributed by atoms with Crippen molar-refractivity contribution in [3.63, 3.8) is 0 Å². The van der Waals surface area contributed by atoms with Crippen LogP contribution in [0, 0.1) is 0 Å². The molecule has 7 heavy (non-hydrogen) atoms. The number of quaternary nitrogens is 1. The molecule has 0 aromatic heterocycles. The van der Waals surface area contributed by atoms with Crippen molar-refractivity contribution in [3.05, 3.63) is 0 Å². The summed E-state index contributed by atoms with van der Waals surface area (Å²) in [4.78, 5) is 0. The summed E-state index contributed by atoms with van der Waals surface area (Å²) in [5.41, 5.74) is 0. The maximum absolute atomic E-state index is 8.39. The Balaban J connectivity index is 3.15. The van der Waals surface area contributed by atoms with Gasteiger partial charge in [0.15, 0.2) is 0 Å². The fourth-order valence-electron chi connectivity index (χ4n) is 0.300. The second-order valence-electron chi connectivity index (χ2n) is 2.74. The average molecular weight is 106 g/mol. The van der Waals surface area contributed by atoms with Gasteiger partial charge in [-0.3, -0.25) is 0 Å². The maximum Gasteiger partial charge on any atom is 0.101 e. The van der Waals surface area contributed by atoms with E-state index in [1.165, 1.54) is 0 Å². The lowest BCUT2D eigenvalue weighted by molar-refractivity contribution is -0.870. The highest BCUT2D eigenvalue weighted by molar-refractivity contribution is 4.19. The third-order valence-corrected chi connectivity index (χ3v) is 0.771. The number of hydrogen-bond donors (Lipinski definition) is 1. The summed E-state index contributed by atoms with van der Waals surface area (Å²) in [7, 11) is 6.16. The van der Waals surface area contributed by atoms with Gasteiger partial charge in [0.25, 0.3) is 0 Å². The molecule has 0 aliphatic rings. The lowest BCUT2D eigenvalue weighted by atomic mass is 10.8. The standard InChI is InChI=1S/C5H14NO/c1-6(2,3)4-5-7/h7H,4-5H2,1-3H3/q+1/i4+1,5+1. The van der Waals surface area contributed by atoms with Gasteiger partial charge < -0.3 is 9.59 Å². The van der Waals surface area contributed by atoms with Gasteiger partial charge in [0.2, 0.25) is 0 Å². The first-order chi connectivity index (χ1) is 3.06. The molecule has 0 fully saturated rings. The van der Waals surface area contributed by atoms with Crippen molar-refractivity contribution in [2.75, 3.05) is 34.3 Å². The van der Waals surface area contributed by atoms with E-state index in [2.05, 4.69) is 21.1 Å². The van der Waals surface area contributed by atoms with E-state index in [-0.39, 0.29) is 6.61 Å². The monoisotopic (exact) mass is 106 g/mol. The third kappa shape index (κ3) is 5.92. The highest BCUT2D eigenvalue weighted by atomic mass is 16.3. The van der Waals surface area contributed by atoms with E-state index in [4.69, 9.17) is 5.11 Å². The Kier molecular flexibility index (Phi) is 2.26. The molecule has 0 aliphatic carbocycles. The van der Waals surface area contributed by atoms with E-state index >= 15 is 0 Å². The topological polar surface area (TPSA) is 20.2 Å². The molecule has 0 saturated carbocycles. The first-order valence-corrected chi connectivity index (χ1v) is 2.47. The van der Waals surface area contributed by atoms with Crippen LogP contribution >= 0.6 is 0 Å². The van der Waals surface area contributed by atoms with Crippen molar-refractivity contribution < 1.29 is 9.59 Å². The van der Waals surface area contributed by atoms with Crippen molar-refractivity contribution in [1.29, 1.82) is 0 Å². The smallest absolute Gasteiger partial charge is 0.101 e. The van der Waals surface area contributed by atoms with Gasteiger partial charge in [-0.1, -0.05) is 0 Å². The Morgan fingerprint density at radius 2 is 1.71 bits per heavy atom. The quantitative estimate of drug-likeness (QED) is 0.378. The van der Waals surface area contributed by atoms with Crippen LogP contribution in [0.25, 0.3) is 0 Å². The van der Waals surface area contributed by atoms with Crippen LogP contribution in [-0.4, -0.2) is 43.9 Å². The number of nitrogens with zero attached hydrogens (tertiary/aromatic N) is 1. The fraction of sp³-hybridized carbons (Fsp3) is 1.00. The highest BCUT2D eigenvalue weighted by Crippen LogP contribution is 1.84. The molecule has 2 nitrogen and oxygen atoms in total. The summed E-state index contributed by atoms with van der Waals surface area (Å²) < 4.78 is 0.844. The molecular formula is C5H14NO+. The Morgan fingerprint density at radius 3 is 1.71 bits per heavy atom. The zero-order chi connectivity index (χ0) is 5.91. The van der Waals surface area contributed by atoms with Crippen LogP contribution in [0.15, 0.2) is 0 Å². The number of hydrogen-bond acceptors (Lipinski definition) is 1. The molecule has 0 heterocycles. The minimum atomic E-state index is 0.281. The molecule has 0 aromatic carbocycles. The van der Waals surface area contributed by atoms with Gasteiger partial charge in [-0.15, -0.1) is 0 Å². The van der Waals surface area contributed by atoms with Gasteiger partial charge in [0, 0.05) is 0 Å². The van der Waals surface area contributed by atoms with Gasteiger partial charge >= 0.3 is 0 Å². The lowest BCUT2D eigenvalue weighted by Gasteiger charge is -2.21. The van der Waals surface area contributed by atoms with Crippen LogP contribution in [0.3, 0.4) is 0 Å². The van der Waals surface area contributed by atoms with E-state index in [0.29, 0.717) is 0 Å². The molecule has 0 aromatic rings. The summed E-state index contributed by atoms with van der Waals surface area (Å²) in [6, 6.07) is 0. The zero-order valence-corrected chi connectivity index (χ0v) is 5.31. The molecule has 0 atom stereocenters. The number of aliphatic hydroxyl groups is 1. The first-order valence-electron chi connectivity index (χ1n) is 2.47. The predicted molar refractivity (Wildman–Crippen MR) is 30.0 cm³/mol. The summed E-state index contributed by atoms with van der Waals surface area (Å²) in [6.07, 6.45) is 0. The summed E-state index contributed by atoms with van der Waals surface area (Å²) >= 11 is 0. The Morgan fingerprint density at radius 1 is 1.29 bits per heavy atom. The molecule has 0 spiro atoms. The minimum Gasteiger partial charge on any atom is -0.391 e. The van der Waals surface area contributed by atoms with Gasteiger partial charge in [0.05, 0.1) is 27.7 Å². The SMILES string of the molecule is C[N+](C)(C)[13CH2][13CH2]O. The Bertz CT molecular complexity index is 46.5. The second kappa shape index (κ2) is 2.28. The maximum atomic E-state index is 8.39. The molecule has 44 valence electrons. The highest BCUT2D eigenvalue weighted by Gasteiger charge is 2.02. The molecule has 0 amide bonds. The Labute approximate surface area is 45.0 Å². The van der Waals surface area contributed by atoms with Crippen molar-refractivity contribution in [1.82, 2.24) is 0 Å². The van der Waals surface area contributed by atoms with Crippen LogP contribution in [0.2, 0.25) is 0 Å². The van der Waals surface area contributed by atoms with Crippen molar-refractivity contribution >= 4 is 0 Å². The zero-order valence-electron chi connectivity index (χ0n) is 5.31. The number of rotatable bonds is 2. The van der Waals surface area contributed by atoms with Gasteiger partial charge in [-0.05, 0) is 0 Å². The summed E-state index contributed by atoms with van der Waals surface area (Å²) in [5, 5.41) is 8.39. The van der Waals surface area contributed by atoms with Crippen LogP contribution in [-0.2, 0) is 0 Å². The molecule has 2 heteroatoms. The van der Waals surface area contributed by atoms with Crippen molar-refractivity contribution in [3.8, 4) is 0 Å². The number of aliphatic hydroxyl groups excluding tert-OH is 1. The molecule has 0 unspecified atom stereocenters. The molecule has 0 bridgehead atoms. The van der Waals surface area contributed by atoms with Crippen LogP contribution in [0.4, 0.5) is 0 Å². The molecule has 0 saturated heterocycles. The van der Waals surface area contributed by atoms with E-state index in [1.54, 1.807) is 0 Å². The van der Waals surface area contributed by atoms with Crippen LogP contribution < -0.4 is 0 Å². The summed E-state index contributed by atoms with van der Waals surface area (Å²) in [5.74, 6) is 0. The summed E-state index contributed by atoms with van der Waals surface area (Å²) in [6.45, 7) is 1.11. The molecule has 0 radical (unpaired) electrons. The first kappa shape index (κ1) is 6.92. The van der Waals surface area contributed by atoms with Gasteiger partial charge in [-0.25, -0.2) is 0 Å². The molecule has 0 rings (SSSR count). The van der Waals surface area contributed by atoms with Crippen LogP contribution in [0.1, 0.15) is 0 Å². The van der Waals surface area contributed by atoms with Gasteiger partial charge in [-0.2, -0.15) is 0 Å². The van der Waals surface area contributed by atoms with E-state index in [9.17, 15) is 0 Å². The van der Waals surface area contributed by atoms with Crippen molar-refractivity contribution in [2.24, 2.45) is 0 Å². The third-order valence-electron chi connectivity index (χ3n) is 0.771. The molecule has 0 aliphatic heterocycles. The van der Waals surface area contributed by atoms with E-state index in [1.807, 2.05) is 0 Å². The van der Waals surface area contributed by atoms with Crippen LogP contribution in [0.5, 0.6) is 0 Å². The predicted octanol–water partition coefficient (Wildman–Crippen LogP) is -0.315. The van der Waals surface area contributed by atoms with Crippen molar-refractivity contribution in [2.45, 2.75) is 0 Å². The fourth-order valence-corrected chi connectivity index (χ4v) is 0.300. The number of likely N-dealkylation sites (N-methyl/N-ethyl adjacent to an activating group) is 1. The second-order valence-corrected chi connectivity index (χ2v) is 2.74. The normalized spacial score (nSPS) is 12.0. The average Bonchev–Trinajstić information content (AvgIpc) is 1.30. The Hall–Kier alpha value is -0.0800. The largest absolute Gasteiger partial charge is 0.391 e. The van der Waals surface area contributed by atoms with Gasteiger partial charge in [0.1, 0.15) is 6.54 Å². The minimum absolute atomic E-state index is 0.281. The lowest BCUT2D eigenvalue weighted by Crippen LogP contribution is -2.36. The van der Waals surface area contributed by atoms with E-state index < -0.39 is 0 Å².